The van der Waals surface area contributed by atoms with Crippen molar-refractivity contribution in [2.75, 3.05) is 19.6 Å². The number of hydrogen-bond acceptors (Lipinski definition) is 3. The molecular formula is C14H20ClN3O. The highest BCUT2D eigenvalue weighted by Crippen LogP contribution is 2.27. The maximum Gasteiger partial charge on any atom is 0.236 e. The van der Waals surface area contributed by atoms with Crippen LogP contribution in [0.25, 0.3) is 0 Å². The fourth-order valence-electron chi connectivity index (χ4n) is 2.70. The number of piperazine rings is 1. The lowest BCUT2D eigenvalue weighted by molar-refractivity contribution is -0.125. The largest absolute Gasteiger partial charge is 0.368 e. The Bertz CT molecular complexity index is 435. The number of nitrogens with one attached hydrogen (secondary N) is 1. The van der Waals surface area contributed by atoms with Crippen molar-refractivity contribution < 1.29 is 4.79 Å². The second-order valence-electron chi connectivity index (χ2n) is 4.84. The molecule has 0 saturated carbocycles. The van der Waals surface area contributed by atoms with E-state index >= 15 is 0 Å². The predicted molar refractivity (Wildman–Crippen MR) is 77.0 cm³/mol. The molecule has 1 heterocycles. The van der Waals surface area contributed by atoms with Crippen LogP contribution in [-0.4, -0.2) is 36.5 Å². The topological polar surface area (TPSA) is 58.4 Å². The minimum Gasteiger partial charge on any atom is -0.368 e. The Balaban J connectivity index is 2.24. The van der Waals surface area contributed by atoms with Gasteiger partial charge < -0.3 is 11.1 Å². The first-order chi connectivity index (χ1) is 9.13. The third kappa shape index (κ3) is 3.26. The minimum atomic E-state index is -0.264. The molecule has 1 amide bonds. The lowest BCUT2D eigenvalue weighted by Gasteiger charge is -2.40. The fourth-order valence-corrected chi connectivity index (χ4v) is 2.83. The molecule has 1 saturated heterocycles. The zero-order valence-electron chi connectivity index (χ0n) is 11.1. The van der Waals surface area contributed by atoms with E-state index < -0.39 is 0 Å². The molecule has 1 aliphatic heterocycles. The summed E-state index contributed by atoms with van der Waals surface area (Å²) < 4.78 is 0. The van der Waals surface area contributed by atoms with Gasteiger partial charge in [0.2, 0.25) is 5.91 Å². The van der Waals surface area contributed by atoms with Crippen molar-refractivity contribution in [3.63, 3.8) is 0 Å². The average molecular weight is 282 g/mol. The Morgan fingerprint density at radius 3 is 2.79 bits per heavy atom. The molecule has 19 heavy (non-hydrogen) atoms. The second kappa shape index (κ2) is 6.37. The summed E-state index contributed by atoms with van der Waals surface area (Å²) in [6.07, 6.45) is 0.936. The number of nitrogens with two attached hydrogens (primary N) is 1. The smallest absolute Gasteiger partial charge is 0.236 e. The zero-order chi connectivity index (χ0) is 13.8. The number of amides is 1. The number of halogens is 1. The quantitative estimate of drug-likeness (QED) is 0.880. The summed E-state index contributed by atoms with van der Waals surface area (Å²) in [5.41, 5.74) is 6.69. The van der Waals surface area contributed by atoms with E-state index in [9.17, 15) is 4.79 Å². The van der Waals surface area contributed by atoms with Gasteiger partial charge in [-0.25, -0.2) is 0 Å². The molecule has 1 aromatic carbocycles. The molecule has 104 valence electrons. The first-order valence-corrected chi connectivity index (χ1v) is 7.02. The monoisotopic (exact) mass is 281 g/mol. The molecule has 1 aromatic rings. The molecule has 3 N–H and O–H groups in total. The van der Waals surface area contributed by atoms with Gasteiger partial charge in [-0.2, -0.15) is 0 Å². The first-order valence-electron chi connectivity index (χ1n) is 6.64. The molecule has 0 aliphatic carbocycles. The molecule has 0 bridgehead atoms. The third-order valence-electron chi connectivity index (χ3n) is 3.66. The van der Waals surface area contributed by atoms with E-state index in [-0.39, 0.29) is 18.0 Å². The van der Waals surface area contributed by atoms with Gasteiger partial charge in [0.25, 0.3) is 0 Å². The zero-order valence-corrected chi connectivity index (χ0v) is 11.9. The minimum absolute atomic E-state index is 0.205. The van der Waals surface area contributed by atoms with E-state index in [2.05, 4.69) is 17.1 Å². The van der Waals surface area contributed by atoms with Crippen LogP contribution in [-0.2, 0) is 4.79 Å². The van der Waals surface area contributed by atoms with Gasteiger partial charge in [-0.1, -0.05) is 30.7 Å². The van der Waals surface area contributed by atoms with Crippen molar-refractivity contribution >= 4 is 17.5 Å². The molecule has 2 unspecified atom stereocenters. The second-order valence-corrected chi connectivity index (χ2v) is 5.27. The van der Waals surface area contributed by atoms with Crippen LogP contribution in [0.15, 0.2) is 24.3 Å². The van der Waals surface area contributed by atoms with Crippen molar-refractivity contribution in [3.8, 4) is 0 Å². The number of carbonyl (C=O) groups excluding carboxylic acids is 1. The summed E-state index contributed by atoms with van der Waals surface area (Å²) in [6.45, 7) is 4.46. The summed E-state index contributed by atoms with van der Waals surface area (Å²) in [5, 5.41) is 3.95. The Morgan fingerprint density at radius 1 is 1.53 bits per heavy atom. The van der Waals surface area contributed by atoms with E-state index in [4.69, 9.17) is 17.3 Å². The maximum absolute atomic E-state index is 11.6. The summed E-state index contributed by atoms with van der Waals surface area (Å²) in [6, 6.07) is 7.79. The Morgan fingerprint density at radius 2 is 2.21 bits per heavy atom. The molecular weight excluding hydrogens is 262 g/mol. The van der Waals surface area contributed by atoms with Crippen molar-refractivity contribution in [1.29, 1.82) is 0 Å². The number of benzene rings is 1. The van der Waals surface area contributed by atoms with E-state index in [1.54, 1.807) is 0 Å². The Labute approximate surface area is 118 Å². The number of carbonyl (C=O) groups is 1. The molecule has 4 nitrogen and oxygen atoms in total. The van der Waals surface area contributed by atoms with Crippen LogP contribution >= 0.6 is 11.6 Å². The summed E-state index contributed by atoms with van der Waals surface area (Å²) >= 11 is 5.93. The van der Waals surface area contributed by atoms with Crippen LogP contribution in [0.4, 0.5) is 0 Å². The molecule has 0 aromatic heterocycles. The first kappa shape index (κ1) is 14.3. The molecule has 1 fully saturated rings. The van der Waals surface area contributed by atoms with Gasteiger partial charge in [0.05, 0.1) is 0 Å². The number of primary amides is 1. The lowest BCUT2D eigenvalue weighted by atomic mass is 9.99. The van der Waals surface area contributed by atoms with E-state index in [0.717, 1.165) is 24.5 Å². The molecule has 5 heteroatoms. The van der Waals surface area contributed by atoms with Crippen molar-refractivity contribution in [2.24, 2.45) is 5.73 Å². The Kier molecular flexibility index (Phi) is 4.80. The summed E-state index contributed by atoms with van der Waals surface area (Å²) in [7, 11) is 0. The highest BCUT2D eigenvalue weighted by molar-refractivity contribution is 6.30. The highest BCUT2D eigenvalue weighted by atomic mass is 35.5. The summed E-state index contributed by atoms with van der Waals surface area (Å²) in [5.74, 6) is -0.264. The fraction of sp³-hybridized carbons (Fsp3) is 0.500. The lowest BCUT2D eigenvalue weighted by Crippen LogP contribution is -2.57. The highest BCUT2D eigenvalue weighted by Gasteiger charge is 2.32. The van der Waals surface area contributed by atoms with Crippen molar-refractivity contribution in [2.45, 2.75) is 25.4 Å². The van der Waals surface area contributed by atoms with E-state index in [1.165, 1.54) is 5.56 Å². The molecule has 2 rings (SSSR count). The van der Waals surface area contributed by atoms with Crippen LogP contribution in [0.3, 0.4) is 0 Å². The number of hydrogen-bond donors (Lipinski definition) is 2. The third-order valence-corrected chi connectivity index (χ3v) is 3.91. The van der Waals surface area contributed by atoms with Gasteiger partial charge in [0.1, 0.15) is 6.04 Å². The van der Waals surface area contributed by atoms with Crippen LogP contribution < -0.4 is 11.1 Å². The average Bonchev–Trinajstić information content (AvgIpc) is 2.42. The van der Waals surface area contributed by atoms with Gasteiger partial charge >= 0.3 is 0 Å². The van der Waals surface area contributed by atoms with Crippen molar-refractivity contribution in [1.82, 2.24) is 10.2 Å². The number of nitrogens with zero attached hydrogens (tertiary/aromatic N) is 1. The van der Waals surface area contributed by atoms with Gasteiger partial charge in [-0.05, 0) is 24.1 Å². The van der Waals surface area contributed by atoms with Gasteiger partial charge in [-0.15, -0.1) is 0 Å². The van der Waals surface area contributed by atoms with Crippen LogP contribution in [0.1, 0.15) is 24.9 Å². The van der Waals surface area contributed by atoms with E-state index in [0.29, 0.717) is 6.54 Å². The van der Waals surface area contributed by atoms with Gasteiger partial charge in [-0.3, -0.25) is 9.69 Å². The molecule has 0 radical (unpaired) electrons. The summed E-state index contributed by atoms with van der Waals surface area (Å²) in [4.78, 5) is 13.8. The van der Waals surface area contributed by atoms with Crippen LogP contribution in [0.2, 0.25) is 5.02 Å². The predicted octanol–water partition coefficient (Wildman–Crippen LogP) is 1.55. The van der Waals surface area contributed by atoms with Crippen LogP contribution in [0, 0.1) is 0 Å². The standard InChI is InChI=1S/C14H20ClN3O/c1-2-12(10-3-5-11(15)6-4-10)18-8-7-17-9-13(18)14(16)19/h3-6,12-13,17H,2,7-9H2,1H3,(H2,16,19). The van der Waals surface area contributed by atoms with Crippen LogP contribution in [0.5, 0.6) is 0 Å². The van der Waals surface area contributed by atoms with Gasteiger partial charge in [0, 0.05) is 30.7 Å². The van der Waals surface area contributed by atoms with Crippen molar-refractivity contribution in [3.05, 3.63) is 34.9 Å². The molecule has 1 aliphatic rings. The molecule has 2 atom stereocenters. The van der Waals surface area contributed by atoms with Gasteiger partial charge in [0.15, 0.2) is 0 Å². The Hall–Kier alpha value is -1.10. The maximum atomic E-state index is 11.6. The SMILES string of the molecule is CCC(c1ccc(Cl)cc1)N1CCNCC1C(N)=O. The normalized spacial score (nSPS) is 22.1. The molecule has 0 spiro atoms. The number of rotatable bonds is 4. The van der Waals surface area contributed by atoms with E-state index in [1.807, 2.05) is 24.3 Å².